The molecular weight excluding hydrogens is 362 g/mol. The van der Waals surface area contributed by atoms with Crippen molar-refractivity contribution in [2.45, 2.75) is 51.2 Å². The maximum absolute atomic E-state index is 10.3. The van der Waals surface area contributed by atoms with Crippen molar-refractivity contribution < 1.29 is 14.6 Å². The second-order valence-electron chi connectivity index (χ2n) is 8.95. The van der Waals surface area contributed by atoms with E-state index in [-0.39, 0.29) is 17.9 Å². The maximum atomic E-state index is 10.3. The number of methoxy groups -OCH3 is 1. The predicted molar refractivity (Wildman–Crippen MR) is 116 cm³/mol. The van der Waals surface area contributed by atoms with E-state index in [4.69, 9.17) is 9.47 Å². The van der Waals surface area contributed by atoms with Gasteiger partial charge in [-0.15, -0.1) is 0 Å². The van der Waals surface area contributed by atoms with Crippen molar-refractivity contribution >= 4 is 0 Å². The smallest absolute Gasteiger partial charge is 0.161 e. The number of hydrogen-bond acceptors (Lipinski definition) is 4. The molecule has 1 heterocycles. The first-order valence-electron chi connectivity index (χ1n) is 10.8. The highest BCUT2D eigenvalue weighted by atomic mass is 16.5. The van der Waals surface area contributed by atoms with Crippen LogP contribution in [-0.4, -0.2) is 42.9 Å². The molecule has 4 heteroatoms. The van der Waals surface area contributed by atoms with Crippen LogP contribution in [0.1, 0.15) is 49.7 Å². The van der Waals surface area contributed by atoms with Crippen molar-refractivity contribution in [3.63, 3.8) is 0 Å². The number of nitrogens with zero attached hydrogens (tertiary/aromatic N) is 1. The summed E-state index contributed by atoms with van der Waals surface area (Å²) in [6.45, 7) is 5.10. The van der Waals surface area contributed by atoms with Gasteiger partial charge in [0.05, 0.1) is 19.8 Å². The van der Waals surface area contributed by atoms with Crippen molar-refractivity contribution in [1.82, 2.24) is 4.90 Å². The molecule has 4 rings (SSSR count). The predicted octanol–water partition coefficient (Wildman–Crippen LogP) is 4.61. The molecule has 4 nitrogen and oxygen atoms in total. The topological polar surface area (TPSA) is 41.9 Å². The summed E-state index contributed by atoms with van der Waals surface area (Å²) in [5.74, 6) is 1.90. The molecule has 1 saturated heterocycles. The van der Waals surface area contributed by atoms with Crippen molar-refractivity contribution in [3.8, 4) is 11.5 Å². The van der Waals surface area contributed by atoms with Crippen LogP contribution in [0.4, 0.5) is 0 Å². The van der Waals surface area contributed by atoms with Crippen molar-refractivity contribution in [2.75, 3.05) is 26.8 Å². The fourth-order valence-corrected chi connectivity index (χ4v) is 4.98. The number of aliphatic hydroxyl groups excluding tert-OH is 1. The van der Waals surface area contributed by atoms with Crippen molar-refractivity contribution in [2.24, 2.45) is 5.41 Å². The van der Waals surface area contributed by atoms with Gasteiger partial charge in [0, 0.05) is 31.0 Å². The third-order valence-corrected chi connectivity index (χ3v) is 6.66. The normalized spacial score (nSPS) is 25.4. The van der Waals surface area contributed by atoms with Gasteiger partial charge in [0.15, 0.2) is 11.5 Å². The van der Waals surface area contributed by atoms with Gasteiger partial charge in [-0.25, -0.2) is 0 Å². The van der Waals surface area contributed by atoms with E-state index >= 15 is 0 Å². The monoisotopic (exact) mass is 395 g/mol. The second-order valence-corrected chi connectivity index (χ2v) is 8.95. The molecule has 0 spiro atoms. The van der Waals surface area contributed by atoms with Gasteiger partial charge in [0.1, 0.15) is 0 Å². The maximum Gasteiger partial charge on any atom is 0.161 e. The largest absolute Gasteiger partial charge is 0.493 e. The zero-order valence-corrected chi connectivity index (χ0v) is 17.6. The first-order valence-corrected chi connectivity index (χ1v) is 10.8. The molecule has 0 amide bonds. The summed E-state index contributed by atoms with van der Waals surface area (Å²) in [4.78, 5) is 2.46. The van der Waals surface area contributed by atoms with Crippen molar-refractivity contribution in [1.29, 1.82) is 0 Å². The molecule has 1 N–H and O–H groups in total. The Balaban J connectivity index is 1.56. The van der Waals surface area contributed by atoms with E-state index in [1.165, 1.54) is 24.0 Å². The molecule has 0 radical (unpaired) electrons. The molecule has 2 atom stereocenters. The second kappa shape index (κ2) is 8.76. The van der Waals surface area contributed by atoms with Crippen LogP contribution in [0, 0.1) is 5.41 Å². The summed E-state index contributed by atoms with van der Waals surface area (Å²) in [6, 6.07) is 16.9. The van der Waals surface area contributed by atoms with Crippen LogP contribution in [0.3, 0.4) is 0 Å². The van der Waals surface area contributed by atoms with Gasteiger partial charge in [-0.1, -0.05) is 43.3 Å². The zero-order chi connectivity index (χ0) is 20.3. The molecule has 2 aromatic carbocycles. The summed E-state index contributed by atoms with van der Waals surface area (Å²) in [6.07, 6.45) is 5.02. The van der Waals surface area contributed by atoms with Gasteiger partial charge < -0.3 is 14.6 Å². The van der Waals surface area contributed by atoms with E-state index in [0.29, 0.717) is 6.10 Å². The van der Waals surface area contributed by atoms with Gasteiger partial charge >= 0.3 is 0 Å². The Kier molecular flexibility index (Phi) is 6.12. The number of aliphatic hydroxyl groups is 1. The lowest BCUT2D eigenvalue weighted by molar-refractivity contribution is 0.132. The number of ether oxygens (including phenoxy) is 2. The molecular formula is C25H33NO3. The Bertz CT molecular complexity index is 803. The average Bonchev–Trinajstić information content (AvgIpc) is 3.37. The molecule has 29 heavy (non-hydrogen) atoms. The minimum atomic E-state index is -0.173. The molecule has 2 fully saturated rings. The molecule has 1 saturated carbocycles. The van der Waals surface area contributed by atoms with Crippen LogP contribution in [0.2, 0.25) is 0 Å². The van der Waals surface area contributed by atoms with E-state index in [2.05, 4.69) is 54.3 Å². The van der Waals surface area contributed by atoms with E-state index in [1.54, 1.807) is 7.11 Å². The summed E-state index contributed by atoms with van der Waals surface area (Å²) in [5, 5.41) is 10.3. The highest BCUT2D eigenvalue weighted by molar-refractivity contribution is 5.45. The molecule has 0 bridgehead atoms. The molecule has 0 aromatic heterocycles. The van der Waals surface area contributed by atoms with Crippen LogP contribution in [0.15, 0.2) is 48.5 Å². The lowest BCUT2D eigenvalue weighted by atomic mass is 9.76. The average molecular weight is 396 g/mol. The first-order chi connectivity index (χ1) is 14.1. The number of likely N-dealkylation sites (tertiary alicyclic amines) is 1. The molecule has 156 valence electrons. The van der Waals surface area contributed by atoms with E-state index in [0.717, 1.165) is 44.0 Å². The van der Waals surface area contributed by atoms with Crippen LogP contribution in [0.25, 0.3) is 0 Å². The summed E-state index contributed by atoms with van der Waals surface area (Å²) in [5.41, 5.74) is 2.37. The van der Waals surface area contributed by atoms with E-state index in [9.17, 15) is 5.11 Å². The molecule has 2 aromatic rings. The van der Waals surface area contributed by atoms with E-state index in [1.807, 2.05) is 6.07 Å². The summed E-state index contributed by atoms with van der Waals surface area (Å²) >= 11 is 0. The van der Waals surface area contributed by atoms with Crippen LogP contribution in [-0.2, 0) is 6.54 Å². The Morgan fingerprint density at radius 1 is 1.07 bits per heavy atom. The van der Waals surface area contributed by atoms with Gasteiger partial charge in [-0.05, 0) is 48.9 Å². The van der Waals surface area contributed by atoms with Gasteiger partial charge in [-0.2, -0.15) is 0 Å². The third-order valence-electron chi connectivity index (χ3n) is 6.66. The highest BCUT2D eigenvalue weighted by Crippen LogP contribution is 2.45. The molecule has 1 aliphatic heterocycles. The summed E-state index contributed by atoms with van der Waals surface area (Å²) < 4.78 is 11.9. The van der Waals surface area contributed by atoms with E-state index < -0.39 is 0 Å². The quantitative estimate of drug-likeness (QED) is 0.743. The minimum Gasteiger partial charge on any atom is -0.493 e. The van der Waals surface area contributed by atoms with Crippen LogP contribution < -0.4 is 9.47 Å². The van der Waals surface area contributed by atoms with Crippen LogP contribution in [0.5, 0.6) is 11.5 Å². The minimum absolute atomic E-state index is 0.173. The SMILES string of the molecule is COc1ccc(C2CN(Cc3ccccc3)CC2(C)CO)cc1OC1CCCC1. The van der Waals surface area contributed by atoms with Crippen LogP contribution >= 0.6 is 0 Å². The number of benzene rings is 2. The van der Waals surface area contributed by atoms with Gasteiger partial charge in [0.2, 0.25) is 0 Å². The standard InChI is InChI=1S/C25H33NO3/c1-25(18-27)17-26(15-19-8-4-3-5-9-19)16-22(25)20-12-13-23(28-2)24(14-20)29-21-10-6-7-11-21/h3-5,8-9,12-14,21-22,27H,6-7,10-11,15-18H2,1-2H3. The Morgan fingerprint density at radius 3 is 2.52 bits per heavy atom. The third kappa shape index (κ3) is 4.44. The highest BCUT2D eigenvalue weighted by Gasteiger charge is 2.43. The fourth-order valence-electron chi connectivity index (χ4n) is 4.98. The van der Waals surface area contributed by atoms with Gasteiger partial charge in [-0.3, -0.25) is 4.90 Å². The number of rotatable bonds is 7. The number of hydrogen-bond donors (Lipinski definition) is 1. The summed E-state index contributed by atoms with van der Waals surface area (Å²) in [7, 11) is 1.70. The fraction of sp³-hybridized carbons (Fsp3) is 0.520. The Hall–Kier alpha value is -2.04. The Labute approximate surface area is 174 Å². The lowest BCUT2D eigenvalue weighted by Gasteiger charge is -2.29. The lowest BCUT2D eigenvalue weighted by Crippen LogP contribution is -2.30. The first kappa shape index (κ1) is 20.2. The molecule has 1 aliphatic carbocycles. The zero-order valence-electron chi connectivity index (χ0n) is 17.6. The van der Waals surface area contributed by atoms with Gasteiger partial charge in [0.25, 0.3) is 0 Å². The Morgan fingerprint density at radius 2 is 1.83 bits per heavy atom. The molecule has 2 aliphatic rings. The van der Waals surface area contributed by atoms with Crippen molar-refractivity contribution in [3.05, 3.63) is 59.7 Å². The molecule has 2 unspecified atom stereocenters.